The van der Waals surface area contributed by atoms with E-state index in [4.69, 9.17) is 23.5 Å². The van der Waals surface area contributed by atoms with E-state index in [1.165, 1.54) is 0 Å². The summed E-state index contributed by atoms with van der Waals surface area (Å²) in [4.78, 5) is 15.4. The van der Waals surface area contributed by atoms with Gasteiger partial charge in [0.25, 0.3) is 0 Å². The average Bonchev–Trinajstić information content (AvgIpc) is 3.52. The maximum atomic E-state index is 16.0. The van der Waals surface area contributed by atoms with Crippen LogP contribution in [0.25, 0.3) is 11.0 Å². The normalized spacial score (nSPS) is 27.5. The molecule has 3 aliphatic heterocycles. The second kappa shape index (κ2) is 8.69. The van der Waals surface area contributed by atoms with E-state index >= 15 is 4.39 Å². The molecule has 0 spiro atoms. The average molecular weight is 467 g/mol. The van der Waals surface area contributed by atoms with Gasteiger partial charge in [-0.05, 0) is 19.9 Å². The van der Waals surface area contributed by atoms with Crippen molar-refractivity contribution < 1.29 is 42.9 Å². The van der Waals surface area contributed by atoms with Gasteiger partial charge in [0.05, 0.1) is 43.1 Å². The predicted molar refractivity (Wildman–Crippen MR) is 112 cm³/mol. The number of aliphatic hydroxyl groups excluding tert-OH is 2. The molecule has 2 aromatic rings. The van der Waals surface area contributed by atoms with Crippen molar-refractivity contribution in [2.24, 2.45) is 0 Å². The van der Waals surface area contributed by atoms with Crippen molar-refractivity contribution >= 4 is 28.6 Å². The number of cyclic esters (lactones) is 1. The van der Waals surface area contributed by atoms with E-state index in [-0.39, 0.29) is 41.3 Å². The Morgan fingerprint density at radius 3 is 2.61 bits per heavy atom. The smallest absolute Gasteiger partial charge is 0.416 e. The maximum absolute atomic E-state index is 16.0. The SMILES string of the molecule is C[C@@H]1CN(c2c(C3OCCO3)cc3c(N4C(=O)OCC4[C@H](O)CO)noc3c2F)C[C@@H](C)O1. The Bertz CT molecular complexity index is 1030. The number of anilines is 2. The van der Waals surface area contributed by atoms with Crippen LogP contribution in [0.2, 0.25) is 0 Å². The van der Waals surface area contributed by atoms with Gasteiger partial charge in [-0.15, -0.1) is 0 Å². The van der Waals surface area contributed by atoms with Crippen LogP contribution in [0.1, 0.15) is 25.7 Å². The molecule has 3 fully saturated rings. The highest BCUT2D eigenvalue weighted by Gasteiger charge is 2.42. The highest BCUT2D eigenvalue weighted by molar-refractivity contribution is 6.01. The van der Waals surface area contributed by atoms with Crippen molar-refractivity contribution in [2.45, 2.75) is 44.5 Å². The first-order valence-electron chi connectivity index (χ1n) is 10.9. The van der Waals surface area contributed by atoms with Crippen LogP contribution in [0.5, 0.6) is 0 Å². The number of benzene rings is 1. The quantitative estimate of drug-likeness (QED) is 0.664. The van der Waals surface area contributed by atoms with Crippen molar-refractivity contribution in [3.05, 3.63) is 17.4 Å². The second-order valence-corrected chi connectivity index (χ2v) is 8.51. The lowest BCUT2D eigenvalue weighted by Gasteiger charge is -2.38. The lowest BCUT2D eigenvalue weighted by molar-refractivity contribution is -0.0445. The summed E-state index contributed by atoms with van der Waals surface area (Å²) in [6.07, 6.45) is -3.10. The third-order valence-corrected chi connectivity index (χ3v) is 6.07. The number of aromatic nitrogens is 1. The number of fused-ring (bicyclic) bond motifs is 1. The number of nitrogens with zero attached hydrogens (tertiary/aromatic N) is 3. The summed E-state index contributed by atoms with van der Waals surface area (Å²) < 4.78 is 43.6. The molecule has 3 saturated heterocycles. The fraction of sp³-hybridized carbons (Fsp3) is 0.619. The topological polar surface area (TPSA) is 127 Å². The standard InChI is InChI=1S/C21H26FN3O8/c1-10-6-24(7-11(2)32-10)17-12(20-29-3-4-30-20)5-13-18(16(17)22)33-23-19(13)25-14(15(27)8-26)9-31-21(25)28/h5,10-11,14-15,20,26-27H,3-4,6-9H2,1-2H3/t10-,11-,14?,15-/m1/s1. The van der Waals surface area contributed by atoms with Crippen LogP contribution in [0.15, 0.2) is 10.6 Å². The van der Waals surface area contributed by atoms with Crippen molar-refractivity contribution in [3.8, 4) is 0 Å². The summed E-state index contributed by atoms with van der Waals surface area (Å²) >= 11 is 0. The maximum Gasteiger partial charge on any atom is 0.416 e. The first-order chi connectivity index (χ1) is 15.9. The molecule has 33 heavy (non-hydrogen) atoms. The zero-order valence-electron chi connectivity index (χ0n) is 18.3. The number of hydrogen-bond acceptors (Lipinski definition) is 10. The first kappa shape index (κ1) is 22.3. The van der Waals surface area contributed by atoms with Gasteiger partial charge in [0.2, 0.25) is 5.58 Å². The summed E-state index contributed by atoms with van der Waals surface area (Å²) in [6, 6.07) is 0.732. The van der Waals surface area contributed by atoms with Crippen LogP contribution >= 0.6 is 0 Å². The number of carbonyl (C=O) groups is 1. The Hall–Kier alpha value is -2.51. The number of hydrogen-bond donors (Lipinski definition) is 2. The number of carbonyl (C=O) groups excluding carboxylic acids is 1. The molecule has 4 heterocycles. The molecule has 1 aromatic carbocycles. The summed E-state index contributed by atoms with van der Waals surface area (Å²) in [6.45, 7) is 4.72. The summed E-state index contributed by atoms with van der Waals surface area (Å²) in [5.74, 6) is -0.674. The summed E-state index contributed by atoms with van der Waals surface area (Å²) in [5.41, 5.74) is 0.565. The van der Waals surface area contributed by atoms with Gasteiger partial charge >= 0.3 is 6.09 Å². The van der Waals surface area contributed by atoms with E-state index < -0.39 is 37.0 Å². The molecule has 1 aromatic heterocycles. The number of rotatable bonds is 5. The molecule has 0 aliphatic carbocycles. The van der Waals surface area contributed by atoms with Crippen molar-refractivity contribution in [1.29, 1.82) is 0 Å². The monoisotopic (exact) mass is 467 g/mol. The van der Waals surface area contributed by atoms with Gasteiger partial charge in [0.15, 0.2) is 17.9 Å². The van der Waals surface area contributed by atoms with Crippen LogP contribution in [-0.2, 0) is 18.9 Å². The van der Waals surface area contributed by atoms with E-state index in [1.54, 1.807) is 6.07 Å². The Morgan fingerprint density at radius 1 is 1.24 bits per heavy atom. The fourth-order valence-corrected chi connectivity index (χ4v) is 4.69. The molecule has 1 amide bonds. The highest BCUT2D eigenvalue weighted by atomic mass is 19.1. The predicted octanol–water partition coefficient (Wildman–Crippen LogP) is 1.30. The minimum absolute atomic E-state index is 0.0154. The van der Waals surface area contributed by atoms with Gasteiger partial charge in [0.1, 0.15) is 18.8 Å². The van der Waals surface area contributed by atoms with Gasteiger partial charge in [-0.25, -0.2) is 14.1 Å². The Balaban J connectivity index is 1.65. The molecule has 3 aliphatic rings. The van der Waals surface area contributed by atoms with Crippen LogP contribution in [0.4, 0.5) is 20.7 Å². The number of ether oxygens (including phenoxy) is 4. The number of halogens is 1. The van der Waals surface area contributed by atoms with Crippen LogP contribution in [0, 0.1) is 5.82 Å². The Kier molecular flexibility index (Phi) is 5.87. The number of amides is 1. The molecular weight excluding hydrogens is 441 g/mol. The lowest BCUT2D eigenvalue weighted by atomic mass is 10.0. The number of aliphatic hydroxyl groups is 2. The Morgan fingerprint density at radius 2 is 1.94 bits per heavy atom. The second-order valence-electron chi connectivity index (χ2n) is 8.51. The molecule has 0 radical (unpaired) electrons. The van der Waals surface area contributed by atoms with E-state index in [9.17, 15) is 15.0 Å². The third-order valence-electron chi connectivity index (χ3n) is 6.07. The van der Waals surface area contributed by atoms with E-state index in [0.29, 0.717) is 31.9 Å². The molecule has 0 saturated carbocycles. The van der Waals surface area contributed by atoms with Gasteiger partial charge in [-0.1, -0.05) is 5.16 Å². The minimum Gasteiger partial charge on any atom is -0.447 e. The molecule has 12 heteroatoms. The zero-order valence-corrected chi connectivity index (χ0v) is 18.3. The molecule has 11 nitrogen and oxygen atoms in total. The molecule has 0 bridgehead atoms. The molecule has 4 atom stereocenters. The zero-order chi connectivity index (χ0) is 23.3. The molecule has 5 rings (SSSR count). The Labute approximate surface area is 188 Å². The molecular formula is C21H26FN3O8. The van der Waals surface area contributed by atoms with Gasteiger partial charge in [-0.2, -0.15) is 0 Å². The van der Waals surface area contributed by atoms with Crippen LogP contribution in [0.3, 0.4) is 0 Å². The third kappa shape index (κ3) is 3.81. The highest BCUT2D eigenvalue weighted by Crippen LogP contribution is 2.42. The molecule has 1 unspecified atom stereocenters. The lowest BCUT2D eigenvalue weighted by Crippen LogP contribution is -2.46. The van der Waals surface area contributed by atoms with Crippen molar-refractivity contribution in [1.82, 2.24) is 5.16 Å². The van der Waals surface area contributed by atoms with Gasteiger partial charge in [-0.3, -0.25) is 0 Å². The van der Waals surface area contributed by atoms with E-state index in [1.807, 2.05) is 18.7 Å². The summed E-state index contributed by atoms with van der Waals surface area (Å²) in [5, 5.41) is 23.7. The van der Waals surface area contributed by atoms with Gasteiger partial charge < -0.3 is 38.6 Å². The van der Waals surface area contributed by atoms with E-state index in [2.05, 4.69) is 5.16 Å². The molecule has 180 valence electrons. The van der Waals surface area contributed by atoms with Crippen LogP contribution in [-0.4, -0.2) is 85.3 Å². The summed E-state index contributed by atoms with van der Waals surface area (Å²) in [7, 11) is 0. The first-order valence-corrected chi connectivity index (χ1v) is 10.9. The van der Waals surface area contributed by atoms with Crippen molar-refractivity contribution in [3.63, 3.8) is 0 Å². The van der Waals surface area contributed by atoms with Crippen LogP contribution < -0.4 is 9.80 Å². The van der Waals surface area contributed by atoms with Gasteiger partial charge in [0, 0.05) is 18.7 Å². The molecule has 2 N–H and O–H groups in total. The van der Waals surface area contributed by atoms with Crippen molar-refractivity contribution in [2.75, 3.05) is 49.3 Å². The minimum atomic E-state index is -1.27. The van der Waals surface area contributed by atoms with E-state index in [0.717, 1.165) is 4.90 Å². The number of morpholine rings is 1. The fourth-order valence-electron chi connectivity index (χ4n) is 4.69. The largest absolute Gasteiger partial charge is 0.447 e.